The number of nitrogens with one attached hydrogen (secondary N) is 2. The van der Waals surface area contributed by atoms with Crippen LogP contribution in [0.3, 0.4) is 0 Å². The lowest BCUT2D eigenvalue weighted by Crippen LogP contribution is -2.38. The first-order valence-electron chi connectivity index (χ1n) is 8.30. The molecule has 0 aliphatic rings. The molecule has 0 radical (unpaired) electrons. The lowest BCUT2D eigenvalue weighted by molar-refractivity contribution is 0.297. The van der Waals surface area contributed by atoms with Crippen molar-refractivity contribution in [1.29, 1.82) is 0 Å². The van der Waals surface area contributed by atoms with Crippen LogP contribution in [-0.2, 0) is 0 Å². The Morgan fingerprint density at radius 3 is 2.10 bits per heavy atom. The standard InChI is InChI=1S/C16H36N4/c1-6-20(7-2)14-9-8-12-18-16(17-5)19-13-10-11-15(3)4/h15H,6-14H2,1-5H3,(H2,17,18,19). The molecule has 0 saturated carbocycles. The number of hydrogen-bond donors (Lipinski definition) is 2. The number of unbranched alkanes of at least 4 members (excludes halogenated alkanes) is 1. The maximum atomic E-state index is 4.25. The van der Waals surface area contributed by atoms with Crippen molar-refractivity contribution < 1.29 is 0 Å². The fourth-order valence-corrected chi connectivity index (χ4v) is 2.14. The van der Waals surface area contributed by atoms with E-state index in [1.54, 1.807) is 0 Å². The molecule has 0 aromatic carbocycles. The monoisotopic (exact) mass is 284 g/mol. The van der Waals surface area contributed by atoms with Gasteiger partial charge >= 0.3 is 0 Å². The van der Waals surface area contributed by atoms with Crippen molar-refractivity contribution >= 4 is 5.96 Å². The van der Waals surface area contributed by atoms with E-state index in [0.717, 1.165) is 38.1 Å². The molecule has 2 N–H and O–H groups in total. The molecule has 0 spiro atoms. The van der Waals surface area contributed by atoms with Gasteiger partial charge in [0.05, 0.1) is 0 Å². The van der Waals surface area contributed by atoms with Crippen LogP contribution in [0.5, 0.6) is 0 Å². The number of aliphatic imine (C=N–C) groups is 1. The van der Waals surface area contributed by atoms with Gasteiger partial charge < -0.3 is 15.5 Å². The average molecular weight is 284 g/mol. The number of nitrogens with zero attached hydrogens (tertiary/aromatic N) is 2. The third kappa shape index (κ3) is 11.1. The minimum Gasteiger partial charge on any atom is -0.356 e. The zero-order valence-corrected chi connectivity index (χ0v) is 14.3. The van der Waals surface area contributed by atoms with Crippen LogP contribution in [-0.4, -0.2) is 50.6 Å². The molecule has 0 saturated heterocycles. The molecular formula is C16H36N4. The van der Waals surface area contributed by atoms with E-state index in [0.29, 0.717) is 0 Å². The molecule has 4 heteroatoms. The van der Waals surface area contributed by atoms with Crippen molar-refractivity contribution in [2.75, 3.05) is 39.8 Å². The first kappa shape index (κ1) is 19.2. The largest absolute Gasteiger partial charge is 0.356 e. The Hall–Kier alpha value is -0.770. The van der Waals surface area contributed by atoms with E-state index < -0.39 is 0 Å². The van der Waals surface area contributed by atoms with Gasteiger partial charge in [0.2, 0.25) is 0 Å². The predicted molar refractivity (Wildman–Crippen MR) is 90.5 cm³/mol. The maximum Gasteiger partial charge on any atom is 0.190 e. The lowest BCUT2D eigenvalue weighted by Gasteiger charge is -2.18. The first-order valence-corrected chi connectivity index (χ1v) is 8.30. The Morgan fingerprint density at radius 1 is 1.00 bits per heavy atom. The van der Waals surface area contributed by atoms with Crippen molar-refractivity contribution in [3.63, 3.8) is 0 Å². The third-order valence-corrected chi connectivity index (χ3v) is 3.56. The summed E-state index contributed by atoms with van der Waals surface area (Å²) >= 11 is 0. The SMILES string of the molecule is CCN(CC)CCCCNC(=NC)NCCCC(C)C. The number of hydrogen-bond acceptors (Lipinski definition) is 2. The van der Waals surface area contributed by atoms with Crippen LogP contribution in [0.4, 0.5) is 0 Å². The molecule has 0 unspecified atom stereocenters. The van der Waals surface area contributed by atoms with Crippen LogP contribution in [0.15, 0.2) is 4.99 Å². The molecule has 0 aromatic rings. The van der Waals surface area contributed by atoms with E-state index in [1.165, 1.54) is 32.2 Å². The molecule has 0 aromatic heterocycles. The summed E-state index contributed by atoms with van der Waals surface area (Å²) in [5.41, 5.74) is 0. The van der Waals surface area contributed by atoms with Crippen LogP contribution in [0.2, 0.25) is 0 Å². The highest BCUT2D eigenvalue weighted by Crippen LogP contribution is 2.01. The van der Waals surface area contributed by atoms with Crippen LogP contribution in [0.1, 0.15) is 53.4 Å². The molecule has 0 heterocycles. The van der Waals surface area contributed by atoms with Gasteiger partial charge in [0.25, 0.3) is 0 Å². The van der Waals surface area contributed by atoms with Gasteiger partial charge in [-0.05, 0) is 51.2 Å². The van der Waals surface area contributed by atoms with Crippen LogP contribution < -0.4 is 10.6 Å². The van der Waals surface area contributed by atoms with Crippen molar-refractivity contribution in [2.45, 2.75) is 53.4 Å². The molecule has 0 amide bonds. The van der Waals surface area contributed by atoms with E-state index >= 15 is 0 Å². The van der Waals surface area contributed by atoms with Crippen LogP contribution in [0, 0.1) is 5.92 Å². The summed E-state index contributed by atoms with van der Waals surface area (Å²) in [7, 11) is 1.84. The highest BCUT2D eigenvalue weighted by molar-refractivity contribution is 5.79. The molecule has 4 nitrogen and oxygen atoms in total. The third-order valence-electron chi connectivity index (χ3n) is 3.56. The van der Waals surface area contributed by atoms with Crippen LogP contribution in [0.25, 0.3) is 0 Å². The highest BCUT2D eigenvalue weighted by Gasteiger charge is 2.00. The van der Waals surface area contributed by atoms with Gasteiger partial charge in [-0.25, -0.2) is 0 Å². The van der Waals surface area contributed by atoms with Crippen molar-refractivity contribution in [2.24, 2.45) is 10.9 Å². The molecular weight excluding hydrogens is 248 g/mol. The second kappa shape index (κ2) is 13.2. The second-order valence-electron chi connectivity index (χ2n) is 5.70. The summed E-state index contributed by atoms with van der Waals surface area (Å²) in [4.78, 5) is 6.73. The molecule has 0 rings (SSSR count). The smallest absolute Gasteiger partial charge is 0.190 e. The Bertz CT molecular complexity index is 235. The Kier molecular flexibility index (Phi) is 12.7. The van der Waals surface area contributed by atoms with Gasteiger partial charge in [-0.2, -0.15) is 0 Å². The molecule has 0 bridgehead atoms. The fraction of sp³-hybridized carbons (Fsp3) is 0.938. The normalized spacial score (nSPS) is 12.2. The lowest BCUT2D eigenvalue weighted by atomic mass is 10.1. The second-order valence-corrected chi connectivity index (χ2v) is 5.70. The van der Waals surface area contributed by atoms with Gasteiger partial charge in [-0.1, -0.05) is 27.7 Å². The summed E-state index contributed by atoms with van der Waals surface area (Å²) in [6, 6.07) is 0. The molecule has 0 aliphatic heterocycles. The van der Waals surface area contributed by atoms with Crippen molar-refractivity contribution in [1.82, 2.24) is 15.5 Å². The predicted octanol–water partition coefficient (Wildman–Crippen LogP) is 2.71. The van der Waals surface area contributed by atoms with Gasteiger partial charge in [-0.3, -0.25) is 4.99 Å². The highest BCUT2D eigenvalue weighted by atomic mass is 15.2. The van der Waals surface area contributed by atoms with Crippen molar-refractivity contribution in [3.8, 4) is 0 Å². The summed E-state index contributed by atoms with van der Waals surface area (Å²) in [5.74, 6) is 1.73. The van der Waals surface area contributed by atoms with E-state index in [4.69, 9.17) is 0 Å². The van der Waals surface area contributed by atoms with Crippen molar-refractivity contribution in [3.05, 3.63) is 0 Å². The molecule has 0 fully saturated rings. The number of rotatable bonds is 11. The molecule has 0 aliphatic carbocycles. The summed E-state index contributed by atoms with van der Waals surface area (Å²) < 4.78 is 0. The minimum atomic E-state index is 0.784. The first-order chi connectivity index (χ1) is 9.63. The minimum absolute atomic E-state index is 0.784. The van der Waals surface area contributed by atoms with Gasteiger partial charge in [0.1, 0.15) is 0 Å². The van der Waals surface area contributed by atoms with E-state index in [1.807, 2.05) is 7.05 Å². The fourth-order valence-electron chi connectivity index (χ4n) is 2.14. The van der Waals surface area contributed by atoms with Gasteiger partial charge in [-0.15, -0.1) is 0 Å². The summed E-state index contributed by atoms with van der Waals surface area (Å²) in [6.45, 7) is 14.5. The van der Waals surface area contributed by atoms with E-state index in [-0.39, 0.29) is 0 Å². The Labute approximate surface area is 126 Å². The molecule has 120 valence electrons. The molecule has 0 atom stereocenters. The summed E-state index contributed by atoms with van der Waals surface area (Å²) in [5, 5.41) is 6.76. The Morgan fingerprint density at radius 2 is 1.60 bits per heavy atom. The summed E-state index contributed by atoms with van der Waals surface area (Å²) in [6.07, 6.45) is 4.93. The maximum absolute atomic E-state index is 4.25. The zero-order chi connectivity index (χ0) is 15.2. The van der Waals surface area contributed by atoms with E-state index in [2.05, 4.69) is 48.2 Å². The van der Waals surface area contributed by atoms with Crippen LogP contribution >= 0.6 is 0 Å². The average Bonchev–Trinajstić information content (AvgIpc) is 2.44. The Balaban J connectivity index is 3.55. The topological polar surface area (TPSA) is 39.7 Å². The molecule has 20 heavy (non-hydrogen) atoms. The van der Waals surface area contributed by atoms with Gasteiger partial charge in [0, 0.05) is 20.1 Å². The zero-order valence-electron chi connectivity index (χ0n) is 14.3. The quantitative estimate of drug-likeness (QED) is 0.348. The van der Waals surface area contributed by atoms with Gasteiger partial charge in [0.15, 0.2) is 5.96 Å². The number of guanidine groups is 1. The van der Waals surface area contributed by atoms with E-state index in [9.17, 15) is 0 Å².